The maximum Gasteiger partial charge on any atom is 0.248 e. The summed E-state index contributed by atoms with van der Waals surface area (Å²) in [5, 5.41) is 8.04. The van der Waals surface area contributed by atoms with E-state index in [1.165, 1.54) is 81.7 Å². The summed E-state index contributed by atoms with van der Waals surface area (Å²) >= 11 is 0. The zero-order valence-electron chi connectivity index (χ0n) is 19.0. The van der Waals surface area contributed by atoms with E-state index in [1.807, 2.05) is 24.3 Å². The second-order valence-corrected chi connectivity index (χ2v) is 8.43. The molecular formula is C26H41N3O. The summed E-state index contributed by atoms with van der Waals surface area (Å²) in [6.07, 6.45) is 24.7. The lowest BCUT2D eigenvalue weighted by Gasteiger charge is -2.02. The fourth-order valence-corrected chi connectivity index (χ4v) is 3.86. The minimum Gasteiger partial charge on any atom is -0.273 e. The first-order valence-corrected chi connectivity index (χ1v) is 12.3. The molecule has 0 aliphatic heterocycles. The van der Waals surface area contributed by atoms with Gasteiger partial charge in [-0.1, -0.05) is 101 Å². The monoisotopic (exact) mass is 411 g/mol. The molecule has 2 aromatic rings. The van der Waals surface area contributed by atoms with E-state index in [2.05, 4.69) is 29.4 Å². The Labute approximate surface area is 183 Å². The van der Waals surface area contributed by atoms with Gasteiger partial charge in [0.2, 0.25) is 5.91 Å². The van der Waals surface area contributed by atoms with Crippen molar-refractivity contribution in [2.75, 3.05) is 0 Å². The van der Waals surface area contributed by atoms with Crippen LogP contribution in [0.5, 0.6) is 0 Å². The van der Waals surface area contributed by atoms with Crippen molar-refractivity contribution in [3.63, 3.8) is 0 Å². The highest BCUT2D eigenvalue weighted by Crippen LogP contribution is 2.13. The van der Waals surface area contributed by atoms with Gasteiger partial charge in [-0.3, -0.25) is 4.79 Å². The summed E-state index contributed by atoms with van der Waals surface area (Å²) in [5.41, 5.74) is 1.57. The number of benzene rings is 1. The number of aromatic nitrogens is 3. The Morgan fingerprint density at radius 1 is 0.800 bits per heavy atom. The third-order valence-electron chi connectivity index (χ3n) is 5.74. The van der Waals surface area contributed by atoms with Gasteiger partial charge in [0, 0.05) is 6.42 Å². The van der Waals surface area contributed by atoms with E-state index in [0.29, 0.717) is 6.42 Å². The van der Waals surface area contributed by atoms with Crippen LogP contribution in [0.2, 0.25) is 0 Å². The Kier molecular flexibility index (Phi) is 12.8. The third kappa shape index (κ3) is 9.69. The molecule has 0 spiro atoms. The zero-order valence-corrected chi connectivity index (χ0v) is 19.0. The number of carbonyl (C=O) groups excluding carboxylic acids is 1. The lowest BCUT2D eigenvalue weighted by molar-refractivity contribution is 0.0886. The van der Waals surface area contributed by atoms with E-state index in [4.69, 9.17) is 0 Å². The van der Waals surface area contributed by atoms with Gasteiger partial charge in [-0.15, -0.1) is 5.10 Å². The van der Waals surface area contributed by atoms with Crippen LogP contribution in [0.4, 0.5) is 0 Å². The summed E-state index contributed by atoms with van der Waals surface area (Å²) in [5.74, 6) is 0.0358. The van der Waals surface area contributed by atoms with Crippen molar-refractivity contribution in [1.29, 1.82) is 0 Å². The molecule has 30 heavy (non-hydrogen) atoms. The maximum atomic E-state index is 12.3. The van der Waals surface area contributed by atoms with Crippen molar-refractivity contribution in [3.05, 3.63) is 36.4 Å². The Bertz CT molecular complexity index is 735. The van der Waals surface area contributed by atoms with Crippen LogP contribution in [0.1, 0.15) is 114 Å². The summed E-state index contributed by atoms with van der Waals surface area (Å²) in [7, 11) is 0. The van der Waals surface area contributed by atoms with Gasteiger partial charge >= 0.3 is 0 Å². The van der Waals surface area contributed by atoms with Crippen LogP contribution >= 0.6 is 0 Å². The predicted octanol–water partition coefficient (Wildman–Crippen LogP) is 7.89. The molecule has 1 heterocycles. The highest BCUT2D eigenvalue weighted by atomic mass is 16.2. The average Bonchev–Trinajstić information content (AvgIpc) is 3.20. The Morgan fingerprint density at radius 3 is 2.03 bits per heavy atom. The third-order valence-corrected chi connectivity index (χ3v) is 5.74. The molecule has 2 rings (SSSR count). The average molecular weight is 412 g/mol. The molecule has 0 atom stereocenters. The van der Waals surface area contributed by atoms with Gasteiger partial charge in [-0.25, -0.2) is 0 Å². The van der Waals surface area contributed by atoms with Gasteiger partial charge in [0.25, 0.3) is 0 Å². The number of fused-ring (bicyclic) bond motifs is 1. The number of hydrogen-bond donors (Lipinski definition) is 0. The summed E-state index contributed by atoms with van der Waals surface area (Å²) in [4.78, 5) is 12.3. The minimum atomic E-state index is 0.0358. The summed E-state index contributed by atoms with van der Waals surface area (Å²) < 4.78 is 1.44. The maximum absolute atomic E-state index is 12.3. The Hall–Kier alpha value is -1.97. The first-order chi connectivity index (χ1) is 14.8. The second kappa shape index (κ2) is 15.8. The molecule has 4 heteroatoms. The van der Waals surface area contributed by atoms with Crippen LogP contribution in [0.15, 0.2) is 36.4 Å². The van der Waals surface area contributed by atoms with Crippen molar-refractivity contribution in [2.45, 2.75) is 110 Å². The Morgan fingerprint density at radius 2 is 1.37 bits per heavy atom. The molecule has 0 radical (unpaired) electrons. The number of rotatable bonds is 17. The van der Waals surface area contributed by atoms with Crippen molar-refractivity contribution >= 4 is 16.9 Å². The van der Waals surface area contributed by atoms with Gasteiger partial charge in [-0.05, 0) is 44.2 Å². The molecule has 0 aliphatic rings. The Balaban J connectivity index is 1.39. The second-order valence-electron chi connectivity index (χ2n) is 8.43. The van der Waals surface area contributed by atoms with E-state index < -0.39 is 0 Å². The van der Waals surface area contributed by atoms with Crippen molar-refractivity contribution in [1.82, 2.24) is 15.0 Å². The molecule has 0 bridgehead atoms. The first-order valence-electron chi connectivity index (χ1n) is 12.3. The van der Waals surface area contributed by atoms with Crippen LogP contribution in [0, 0.1) is 0 Å². The normalized spacial score (nSPS) is 11.6. The molecule has 1 aromatic heterocycles. The molecule has 0 N–H and O–H groups in total. The highest BCUT2D eigenvalue weighted by molar-refractivity contribution is 5.88. The van der Waals surface area contributed by atoms with E-state index >= 15 is 0 Å². The SMILES string of the molecule is CCCCCCCCCCCCC/C=C/CCCCC(=O)n1nnc2ccccc21. The topological polar surface area (TPSA) is 47.8 Å². The van der Waals surface area contributed by atoms with Gasteiger partial charge < -0.3 is 0 Å². The molecule has 0 saturated carbocycles. The molecule has 1 aromatic carbocycles. The number of unbranched alkanes of at least 4 members (excludes halogenated alkanes) is 13. The fraction of sp³-hybridized carbons (Fsp3) is 0.654. The van der Waals surface area contributed by atoms with E-state index in [-0.39, 0.29) is 5.91 Å². The van der Waals surface area contributed by atoms with Crippen LogP contribution in [0.3, 0.4) is 0 Å². The van der Waals surface area contributed by atoms with Crippen LogP contribution in [-0.2, 0) is 0 Å². The van der Waals surface area contributed by atoms with Crippen LogP contribution in [0.25, 0.3) is 11.0 Å². The first kappa shape index (κ1) is 24.3. The van der Waals surface area contributed by atoms with Gasteiger partial charge in [-0.2, -0.15) is 4.68 Å². The molecular weight excluding hydrogens is 370 g/mol. The van der Waals surface area contributed by atoms with Gasteiger partial charge in [0.15, 0.2) is 0 Å². The van der Waals surface area contributed by atoms with E-state index in [0.717, 1.165) is 30.3 Å². The number of hydrogen-bond acceptors (Lipinski definition) is 3. The van der Waals surface area contributed by atoms with Crippen molar-refractivity contribution in [2.24, 2.45) is 0 Å². The fourth-order valence-electron chi connectivity index (χ4n) is 3.86. The molecule has 0 amide bonds. The smallest absolute Gasteiger partial charge is 0.248 e. The molecule has 4 nitrogen and oxygen atoms in total. The van der Waals surface area contributed by atoms with Crippen molar-refractivity contribution < 1.29 is 4.79 Å². The lowest BCUT2D eigenvalue weighted by atomic mass is 10.1. The van der Waals surface area contributed by atoms with Crippen molar-refractivity contribution in [3.8, 4) is 0 Å². The lowest BCUT2D eigenvalue weighted by Crippen LogP contribution is -2.11. The zero-order chi connectivity index (χ0) is 21.3. The predicted molar refractivity (Wildman–Crippen MR) is 127 cm³/mol. The number of allylic oxidation sites excluding steroid dienone is 2. The van der Waals surface area contributed by atoms with Gasteiger partial charge in [0.1, 0.15) is 5.52 Å². The van der Waals surface area contributed by atoms with Crippen LogP contribution in [-0.4, -0.2) is 20.9 Å². The molecule has 0 saturated heterocycles. The highest BCUT2D eigenvalue weighted by Gasteiger charge is 2.10. The number of carbonyl (C=O) groups is 1. The summed E-state index contributed by atoms with van der Waals surface area (Å²) in [6, 6.07) is 7.60. The van der Waals surface area contributed by atoms with E-state index in [9.17, 15) is 4.79 Å². The number of nitrogens with zero attached hydrogens (tertiary/aromatic N) is 3. The largest absolute Gasteiger partial charge is 0.273 e. The van der Waals surface area contributed by atoms with E-state index in [1.54, 1.807) is 0 Å². The standard InChI is InChI=1S/C26H41N3O/c1-2-3-4-5-6-7-8-9-10-11-12-13-14-15-16-17-18-23-26(30)29-25-22-20-19-21-24(25)27-28-29/h14-15,19-22H,2-13,16-18,23H2,1H3/b15-14+. The van der Waals surface area contributed by atoms with Crippen LogP contribution < -0.4 is 0 Å². The molecule has 0 aliphatic carbocycles. The molecule has 166 valence electrons. The number of para-hydroxylation sites is 1. The molecule has 0 unspecified atom stereocenters. The summed E-state index contributed by atoms with van der Waals surface area (Å²) in [6.45, 7) is 2.28. The molecule has 0 fully saturated rings. The quantitative estimate of drug-likeness (QED) is 0.196. The van der Waals surface area contributed by atoms with Gasteiger partial charge in [0.05, 0.1) is 5.52 Å². The minimum absolute atomic E-state index is 0.0358.